The fourth-order valence-corrected chi connectivity index (χ4v) is 3.30. The number of nitrogens with one attached hydrogen (secondary N) is 2. The van der Waals surface area contributed by atoms with E-state index in [4.69, 9.17) is 4.42 Å². The molecule has 0 spiro atoms. The Hall–Kier alpha value is -4.39. The third kappa shape index (κ3) is 7.57. The van der Waals surface area contributed by atoms with Crippen molar-refractivity contribution in [3.8, 4) is 0 Å². The lowest BCUT2D eigenvalue weighted by atomic mass is 10.1. The normalized spacial score (nSPS) is 12.0. The summed E-state index contributed by atoms with van der Waals surface area (Å²) < 4.78 is 5.25. The molecule has 0 aliphatic rings. The molecule has 3 aromatic rings. The van der Waals surface area contributed by atoms with Crippen molar-refractivity contribution in [2.45, 2.75) is 20.8 Å². The molecule has 180 valence electrons. The number of benzene rings is 2. The summed E-state index contributed by atoms with van der Waals surface area (Å²) in [5, 5.41) is 6.83. The highest BCUT2D eigenvalue weighted by molar-refractivity contribution is 6.06. The maximum absolute atomic E-state index is 13.0. The van der Waals surface area contributed by atoms with E-state index < -0.39 is 5.91 Å². The van der Waals surface area contributed by atoms with Gasteiger partial charge in [-0.25, -0.2) is 5.43 Å². The number of furan rings is 1. The van der Waals surface area contributed by atoms with Crippen LogP contribution in [0.2, 0.25) is 0 Å². The summed E-state index contributed by atoms with van der Waals surface area (Å²) in [6.45, 7) is 7.75. The molecule has 3 rings (SSSR count). The molecule has 0 bridgehead atoms. The number of carbonyl (C=O) groups excluding carboxylic acids is 2. The highest BCUT2D eigenvalue weighted by Gasteiger charge is 2.14. The van der Waals surface area contributed by atoms with Crippen LogP contribution in [0.5, 0.6) is 0 Å². The van der Waals surface area contributed by atoms with Gasteiger partial charge in [-0.3, -0.25) is 9.59 Å². The maximum Gasteiger partial charge on any atom is 0.287 e. The van der Waals surface area contributed by atoms with Crippen LogP contribution in [-0.4, -0.2) is 30.6 Å². The van der Waals surface area contributed by atoms with Crippen LogP contribution in [0.3, 0.4) is 0 Å². The van der Waals surface area contributed by atoms with Gasteiger partial charge < -0.3 is 14.6 Å². The SMILES string of the molecule is CCN(CC)c1ccc(/C=C(/NC(=O)c2ccccc2)C(=O)NN=C(C)/C=C/c2ccco2)cc1. The van der Waals surface area contributed by atoms with Gasteiger partial charge in [0.05, 0.1) is 12.0 Å². The Morgan fingerprint density at radius 2 is 1.69 bits per heavy atom. The van der Waals surface area contributed by atoms with Gasteiger partial charge in [-0.2, -0.15) is 5.10 Å². The number of hydrogen-bond donors (Lipinski definition) is 2. The van der Waals surface area contributed by atoms with E-state index in [1.807, 2.05) is 36.4 Å². The van der Waals surface area contributed by atoms with Crippen LogP contribution in [0.15, 0.2) is 94.3 Å². The average molecular weight is 471 g/mol. The summed E-state index contributed by atoms with van der Waals surface area (Å²) >= 11 is 0. The summed E-state index contributed by atoms with van der Waals surface area (Å²) in [7, 11) is 0. The van der Waals surface area contributed by atoms with Gasteiger partial charge in [0, 0.05) is 24.3 Å². The summed E-state index contributed by atoms with van der Waals surface area (Å²) in [6, 6.07) is 20.1. The minimum atomic E-state index is -0.534. The fraction of sp³-hybridized carbons (Fsp3) is 0.179. The second kappa shape index (κ2) is 12.7. The summed E-state index contributed by atoms with van der Waals surface area (Å²) in [5.41, 5.74) is 5.48. The smallest absolute Gasteiger partial charge is 0.287 e. The first-order valence-corrected chi connectivity index (χ1v) is 11.5. The molecule has 0 atom stereocenters. The monoisotopic (exact) mass is 470 g/mol. The zero-order chi connectivity index (χ0) is 25.0. The summed E-state index contributed by atoms with van der Waals surface area (Å²) in [6.07, 6.45) is 6.67. The largest absolute Gasteiger partial charge is 0.465 e. The number of allylic oxidation sites excluding steroid dienone is 1. The van der Waals surface area contributed by atoms with Crippen molar-refractivity contribution in [2.24, 2.45) is 5.10 Å². The fourth-order valence-electron chi connectivity index (χ4n) is 3.30. The van der Waals surface area contributed by atoms with Crippen molar-refractivity contribution in [3.05, 3.63) is 102 Å². The lowest BCUT2D eigenvalue weighted by molar-refractivity contribution is -0.117. The molecular weight excluding hydrogens is 440 g/mol. The van der Waals surface area contributed by atoms with Gasteiger partial charge >= 0.3 is 0 Å². The Kier molecular flexibility index (Phi) is 9.19. The van der Waals surface area contributed by atoms with Crippen molar-refractivity contribution in [2.75, 3.05) is 18.0 Å². The van der Waals surface area contributed by atoms with E-state index in [9.17, 15) is 9.59 Å². The van der Waals surface area contributed by atoms with E-state index in [-0.39, 0.29) is 11.6 Å². The lowest BCUT2D eigenvalue weighted by Crippen LogP contribution is -2.33. The van der Waals surface area contributed by atoms with Crippen LogP contribution in [0.4, 0.5) is 5.69 Å². The predicted molar refractivity (Wildman–Crippen MR) is 141 cm³/mol. The van der Waals surface area contributed by atoms with Gasteiger partial charge in [0.1, 0.15) is 11.5 Å². The van der Waals surface area contributed by atoms with E-state index in [0.29, 0.717) is 17.0 Å². The third-order valence-corrected chi connectivity index (χ3v) is 5.23. The van der Waals surface area contributed by atoms with E-state index in [2.05, 4.69) is 34.6 Å². The number of hydrazone groups is 1. The minimum absolute atomic E-state index is 0.0843. The Balaban J connectivity index is 1.80. The minimum Gasteiger partial charge on any atom is -0.465 e. The molecule has 0 saturated carbocycles. The average Bonchev–Trinajstić information content (AvgIpc) is 3.41. The topological polar surface area (TPSA) is 86.9 Å². The van der Waals surface area contributed by atoms with Gasteiger partial charge in [0.25, 0.3) is 11.8 Å². The van der Waals surface area contributed by atoms with Gasteiger partial charge in [-0.1, -0.05) is 30.3 Å². The molecular formula is C28H30N4O3. The van der Waals surface area contributed by atoms with Gasteiger partial charge in [0.2, 0.25) is 0 Å². The zero-order valence-electron chi connectivity index (χ0n) is 20.2. The highest BCUT2D eigenvalue weighted by atomic mass is 16.3. The van der Waals surface area contributed by atoms with Crippen LogP contribution in [0.1, 0.15) is 42.5 Å². The van der Waals surface area contributed by atoms with Crippen molar-refractivity contribution >= 4 is 35.4 Å². The molecule has 0 fully saturated rings. The van der Waals surface area contributed by atoms with Crippen LogP contribution in [-0.2, 0) is 4.79 Å². The van der Waals surface area contributed by atoms with Crippen molar-refractivity contribution < 1.29 is 14.0 Å². The molecule has 0 saturated heterocycles. The molecule has 1 heterocycles. The van der Waals surface area contributed by atoms with Crippen LogP contribution in [0, 0.1) is 0 Å². The standard InChI is InChI=1S/C28H30N4O3/c1-4-32(5-2)24-16-14-22(15-17-24)20-26(29-27(33)23-10-7-6-8-11-23)28(34)31-30-21(3)13-18-25-12-9-19-35-25/h6-20H,4-5H2,1-3H3,(H,29,33)(H,31,34)/b18-13+,26-20+,30-21?. The summed E-state index contributed by atoms with van der Waals surface area (Å²) in [5.74, 6) is -0.243. The molecule has 0 aliphatic heterocycles. The molecule has 7 heteroatoms. The first-order valence-electron chi connectivity index (χ1n) is 11.5. The Labute approximate surface area is 205 Å². The Morgan fingerprint density at radius 1 is 0.971 bits per heavy atom. The van der Waals surface area contributed by atoms with Gasteiger partial charge in [-0.15, -0.1) is 0 Å². The van der Waals surface area contributed by atoms with Crippen molar-refractivity contribution in [1.29, 1.82) is 0 Å². The molecule has 0 aliphatic carbocycles. The van der Waals surface area contributed by atoms with Crippen LogP contribution >= 0.6 is 0 Å². The van der Waals surface area contributed by atoms with E-state index in [0.717, 1.165) is 24.3 Å². The van der Waals surface area contributed by atoms with Crippen molar-refractivity contribution in [1.82, 2.24) is 10.7 Å². The number of amides is 2. The number of rotatable bonds is 10. The first-order chi connectivity index (χ1) is 17.0. The second-order valence-electron chi connectivity index (χ2n) is 7.68. The van der Waals surface area contributed by atoms with Crippen LogP contribution < -0.4 is 15.6 Å². The van der Waals surface area contributed by atoms with E-state index in [1.54, 1.807) is 61.7 Å². The number of hydrogen-bond acceptors (Lipinski definition) is 5. The lowest BCUT2D eigenvalue weighted by Gasteiger charge is -2.21. The number of anilines is 1. The second-order valence-corrected chi connectivity index (χ2v) is 7.68. The molecule has 2 amide bonds. The number of nitrogens with zero attached hydrogens (tertiary/aromatic N) is 2. The summed E-state index contributed by atoms with van der Waals surface area (Å²) in [4.78, 5) is 27.9. The first kappa shape index (κ1) is 25.2. The van der Waals surface area contributed by atoms with Crippen molar-refractivity contribution in [3.63, 3.8) is 0 Å². The molecule has 7 nitrogen and oxygen atoms in total. The number of carbonyl (C=O) groups is 2. The Morgan fingerprint density at radius 3 is 2.31 bits per heavy atom. The molecule has 0 unspecified atom stereocenters. The Bertz CT molecular complexity index is 1190. The molecule has 0 radical (unpaired) electrons. The predicted octanol–water partition coefficient (Wildman–Crippen LogP) is 5.10. The zero-order valence-corrected chi connectivity index (χ0v) is 20.2. The molecule has 2 N–H and O–H groups in total. The van der Waals surface area contributed by atoms with Gasteiger partial charge in [0.15, 0.2) is 0 Å². The quantitative estimate of drug-likeness (QED) is 0.245. The van der Waals surface area contributed by atoms with Crippen LogP contribution in [0.25, 0.3) is 12.2 Å². The molecule has 2 aromatic carbocycles. The highest BCUT2D eigenvalue weighted by Crippen LogP contribution is 2.16. The molecule has 35 heavy (non-hydrogen) atoms. The van der Waals surface area contributed by atoms with E-state index in [1.165, 1.54) is 0 Å². The van der Waals surface area contributed by atoms with Gasteiger partial charge in [-0.05, 0) is 81.0 Å². The third-order valence-electron chi connectivity index (χ3n) is 5.23. The molecule has 1 aromatic heterocycles. The van der Waals surface area contributed by atoms with E-state index >= 15 is 0 Å². The maximum atomic E-state index is 13.0.